The number of nitrogens with zero attached hydrogens (tertiary/aromatic N) is 1. The number of thioether (sulfide) groups is 1. The molecule has 0 spiro atoms. The highest BCUT2D eigenvalue weighted by Crippen LogP contribution is 2.24. The van der Waals surface area contributed by atoms with Crippen molar-refractivity contribution in [1.82, 2.24) is 10.3 Å². The van der Waals surface area contributed by atoms with E-state index in [1.165, 1.54) is 11.8 Å². The first kappa shape index (κ1) is 13.5. The Morgan fingerprint density at radius 3 is 3.00 bits per heavy atom. The molecule has 1 N–H and O–H groups in total. The van der Waals surface area contributed by atoms with Crippen LogP contribution >= 0.6 is 27.7 Å². The van der Waals surface area contributed by atoms with Crippen LogP contribution in [0.4, 0.5) is 0 Å². The van der Waals surface area contributed by atoms with Gasteiger partial charge in [0.1, 0.15) is 5.03 Å². The molecule has 1 aromatic heterocycles. The van der Waals surface area contributed by atoms with Gasteiger partial charge in [-0.15, -0.1) is 0 Å². The lowest BCUT2D eigenvalue weighted by Gasteiger charge is -2.07. The Hall–Kier alpha value is -0.550. The fourth-order valence-corrected chi connectivity index (χ4v) is 2.29. The van der Waals surface area contributed by atoms with Crippen LogP contribution in [-0.4, -0.2) is 23.2 Å². The number of nitrogens with one attached hydrogen (secondary N) is 1. The molecule has 1 aromatic rings. The van der Waals surface area contributed by atoms with Crippen molar-refractivity contribution < 1.29 is 4.79 Å². The molecule has 0 bridgehead atoms. The van der Waals surface area contributed by atoms with Crippen molar-refractivity contribution in [2.75, 3.05) is 12.3 Å². The van der Waals surface area contributed by atoms with Crippen molar-refractivity contribution in [1.29, 1.82) is 0 Å². The average Bonchev–Trinajstić information content (AvgIpc) is 2.25. The standard InChI is InChI=1S/C11H15BrN2OS/c1-8(2)6-14-10(15)7-16-11-9(12)4-3-5-13-11/h3-5,8H,6-7H2,1-2H3,(H,14,15). The topological polar surface area (TPSA) is 42.0 Å². The van der Waals surface area contributed by atoms with Crippen molar-refractivity contribution in [3.05, 3.63) is 22.8 Å². The second-order valence-corrected chi connectivity index (χ2v) is 5.60. The molecular weight excluding hydrogens is 288 g/mol. The van der Waals surface area contributed by atoms with Crippen LogP contribution in [0.15, 0.2) is 27.8 Å². The summed E-state index contributed by atoms with van der Waals surface area (Å²) in [5.74, 6) is 0.939. The van der Waals surface area contributed by atoms with Gasteiger partial charge in [0, 0.05) is 17.2 Å². The van der Waals surface area contributed by atoms with Crippen LogP contribution in [-0.2, 0) is 4.79 Å². The summed E-state index contributed by atoms with van der Waals surface area (Å²) in [5.41, 5.74) is 0. The highest BCUT2D eigenvalue weighted by molar-refractivity contribution is 9.10. The Balaban J connectivity index is 2.35. The predicted octanol–water partition coefficient (Wildman–Crippen LogP) is 2.71. The van der Waals surface area contributed by atoms with Crippen molar-refractivity contribution in [3.8, 4) is 0 Å². The Morgan fingerprint density at radius 1 is 1.62 bits per heavy atom. The molecule has 0 saturated heterocycles. The average molecular weight is 303 g/mol. The molecule has 1 heterocycles. The smallest absolute Gasteiger partial charge is 0.230 e. The van der Waals surface area contributed by atoms with E-state index in [9.17, 15) is 4.79 Å². The number of hydrogen-bond donors (Lipinski definition) is 1. The molecule has 0 saturated carbocycles. The van der Waals surface area contributed by atoms with Gasteiger partial charge in [-0.3, -0.25) is 4.79 Å². The minimum atomic E-state index is 0.0521. The zero-order valence-corrected chi connectivity index (χ0v) is 11.8. The molecular formula is C11H15BrN2OS. The number of rotatable bonds is 5. The van der Waals surface area contributed by atoms with Crippen LogP contribution in [0.2, 0.25) is 0 Å². The van der Waals surface area contributed by atoms with E-state index in [0.717, 1.165) is 16.0 Å². The third kappa shape index (κ3) is 4.99. The van der Waals surface area contributed by atoms with Crippen LogP contribution in [0.1, 0.15) is 13.8 Å². The van der Waals surface area contributed by atoms with E-state index >= 15 is 0 Å². The third-order valence-electron chi connectivity index (χ3n) is 1.77. The van der Waals surface area contributed by atoms with Gasteiger partial charge in [-0.05, 0) is 34.0 Å². The van der Waals surface area contributed by atoms with Gasteiger partial charge in [-0.25, -0.2) is 4.98 Å². The maximum atomic E-state index is 11.5. The first-order chi connectivity index (χ1) is 7.59. The highest BCUT2D eigenvalue weighted by atomic mass is 79.9. The van der Waals surface area contributed by atoms with Gasteiger partial charge < -0.3 is 5.32 Å². The SMILES string of the molecule is CC(C)CNC(=O)CSc1ncccc1Br. The molecule has 1 amide bonds. The van der Waals surface area contributed by atoms with Crippen molar-refractivity contribution >= 4 is 33.6 Å². The summed E-state index contributed by atoms with van der Waals surface area (Å²) in [6.45, 7) is 4.87. The number of aromatic nitrogens is 1. The lowest BCUT2D eigenvalue weighted by Crippen LogP contribution is -2.28. The van der Waals surface area contributed by atoms with E-state index in [1.807, 2.05) is 12.1 Å². The number of amides is 1. The molecule has 88 valence electrons. The predicted molar refractivity (Wildman–Crippen MR) is 70.5 cm³/mol. The minimum Gasteiger partial charge on any atom is -0.355 e. The number of pyridine rings is 1. The van der Waals surface area contributed by atoms with E-state index in [-0.39, 0.29) is 5.91 Å². The molecule has 1 rings (SSSR count). The van der Waals surface area contributed by atoms with Crippen molar-refractivity contribution in [2.45, 2.75) is 18.9 Å². The van der Waals surface area contributed by atoms with Crippen LogP contribution in [0.3, 0.4) is 0 Å². The van der Waals surface area contributed by atoms with E-state index in [4.69, 9.17) is 0 Å². The molecule has 16 heavy (non-hydrogen) atoms. The number of carbonyl (C=O) groups is 1. The van der Waals surface area contributed by atoms with Gasteiger partial charge in [-0.2, -0.15) is 0 Å². The van der Waals surface area contributed by atoms with Gasteiger partial charge >= 0.3 is 0 Å². The fourth-order valence-electron chi connectivity index (χ4n) is 0.980. The summed E-state index contributed by atoms with van der Waals surface area (Å²) in [4.78, 5) is 15.6. The summed E-state index contributed by atoms with van der Waals surface area (Å²) >= 11 is 4.83. The maximum Gasteiger partial charge on any atom is 0.230 e. The maximum absolute atomic E-state index is 11.5. The Morgan fingerprint density at radius 2 is 2.38 bits per heavy atom. The Bertz CT molecular complexity index is 358. The number of carbonyl (C=O) groups excluding carboxylic acids is 1. The van der Waals surface area contributed by atoms with Gasteiger partial charge in [0.15, 0.2) is 0 Å². The molecule has 0 unspecified atom stereocenters. The van der Waals surface area contributed by atoms with Gasteiger partial charge in [-0.1, -0.05) is 25.6 Å². The third-order valence-corrected chi connectivity index (χ3v) is 3.68. The molecule has 0 aromatic carbocycles. The van der Waals surface area contributed by atoms with Crippen LogP contribution in [0.5, 0.6) is 0 Å². The second kappa shape index (κ2) is 6.91. The van der Waals surface area contributed by atoms with Gasteiger partial charge in [0.05, 0.1) is 5.75 Å². The summed E-state index contributed by atoms with van der Waals surface area (Å²) in [7, 11) is 0. The summed E-state index contributed by atoms with van der Waals surface area (Å²) in [6, 6.07) is 3.77. The normalized spacial score (nSPS) is 10.5. The molecule has 5 heteroatoms. The molecule has 0 atom stereocenters. The lowest BCUT2D eigenvalue weighted by atomic mass is 10.2. The monoisotopic (exact) mass is 302 g/mol. The number of hydrogen-bond acceptors (Lipinski definition) is 3. The summed E-state index contributed by atoms with van der Waals surface area (Å²) < 4.78 is 0.927. The Labute approximate surface area is 109 Å². The highest BCUT2D eigenvalue weighted by Gasteiger charge is 2.06. The molecule has 0 aliphatic carbocycles. The lowest BCUT2D eigenvalue weighted by molar-refractivity contribution is -0.118. The van der Waals surface area contributed by atoms with E-state index in [0.29, 0.717) is 11.7 Å². The van der Waals surface area contributed by atoms with Crippen molar-refractivity contribution in [2.24, 2.45) is 5.92 Å². The van der Waals surface area contributed by atoms with Crippen LogP contribution in [0, 0.1) is 5.92 Å². The first-order valence-corrected chi connectivity index (χ1v) is 6.87. The fraction of sp³-hybridized carbons (Fsp3) is 0.455. The first-order valence-electron chi connectivity index (χ1n) is 5.09. The Kier molecular flexibility index (Phi) is 5.84. The van der Waals surface area contributed by atoms with Gasteiger partial charge in [0.25, 0.3) is 0 Å². The molecule has 0 aliphatic heterocycles. The van der Waals surface area contributed by atoms with E-state index in [1.54, 1.807) is 6.20 Å². The van der Waals surface area contributed by atoms with E-state index in [2.05, 4.69) is 40.1 Å². The summed E-state index contributed by atoms with van der Waals surface area (Å²) in [5, 5.41) is 3.72. The second-order valence-electron chi connectivity index (χ2n) is 3.78. The van der Waals surface area contributed by atoms with Crippen LogP contribution < -0.4 is 5.32 Å². The van der Waals surface area contributed by atoms with E-state index < -0.39 is 0 Å². The number of halogens is 1. The molecule has 3 nitrogen and oxygen atoms in total. The molecule has 0 radical (unpaired) electrons. The largest absolute Gasteiger partial charge is 0.355 e. The quantitative estimate of drug-likeness (QED) is 0.850. The van der Waals surface area contributed by atoms with Crippen molar-refractivity contribution in [3.63, 3.8) is 0 Å². The zero-order chi connectivity index (χ0) is 12.0. The van der Waals surface area contributed by atoms with Gasteiger partial charge in [0.2, 0.25) is 5.91 Å². The molecule has 0 fully saturated rings. The van der Waals surface area contributed by atoms with Crippen LogP contribution in [0.25, 0.3) is 0 Å². The summed E-state index contributed by atoms with van der Waals surface area (Å²) in [6.07, 6.45) is 1.72. The minimum absolute atomic E-state index is 0.0521. The zero-order valence-electron chi connectivity index (χ0n) is 9.37. The molecule has 0 aliphatic rings.